The van der Waals surface area contributed by atoms with Crippen LogP contribution in [0.25, 0.3) is 67.1 Å². The molecule has 7 heteroatoms. The average Bonchev–Trinajstić information content (AvgIpc) is 3.12. The topological polar surface area (TPSA) is 60.8 Å². The van der Waals surface area contributed by atoms with Gasteiger partial charge in [0.05, 0.1) is 44.8 Å². The molecule has 0 atom stereocenters. The molecule has 5 nitrogen and oxygen atoms in total. The fraction of sp³-hybridized carbons (Fsp3) is 0. The second-order valence-corrected chi connectivity index (χ2v) is 11.0. The third-order valence-corrected chi connectivity index (χ3v) is 7.84. The molecule has 0 spiro atoms. The third kappa shape index (κ3) is 5.66. The lowest BCUT2D eigenvalue weighted by atomic mass is 10.0. The lowest BCUT2D eigenvalue weighted by molar-refractivity contribution is 0.483. The zero-order valence-corrected chi connectivity index (χ0v) is 24.8. The largest absolute Gasteiger partial charge is 0.457 e. The molecule has 0 saturated heterocycles. The maximum absolute atomic E-state index is 14.0. The number of nitrogens with zero attached hydrogens (tertiary/aromatic N) is 4. The van der Waals surface area contributed by atoms with Gasteiger partial charge in [-0.15, -0.1) is 0 Å². The fourth-order valence-electron chi connectivity index (χ4n) is 5.55. The molecule has 8 aromatic rings. The summed E-state index contributed by atoms with van der Waals surface area (Å²) in [5.74, 6) is 0.539. The van der Waals surface area contributed by atoms with E-state index in [-0.39, 0.29) is 11.6 Å². The molecule has 6 aromatic carbocycles. The van der Waals surface area contributed by atoms with E-state index in [1.165, 1.54) is 24.3 Å². The molecule has 0 aliphatic rings. The van der Waals surface area contributed by atoms with Crippen molar-refractivity contribution in [3.63, 3.8) is 0 Å². The number of benzene rings is 6. The molecule has 0 amide bonds. The fourth-order valence-corrected chi connectivity index (χ4v) is 5.55. The second kappa shape index (κ2) is 11.9. The van der Waals surface area contributed by atoms with Gasteiger partial charge in [-0.05, 0) is 72.8 Å². The van der Waals surface area contributed by atoms with Gasteiger partial charge in [0.2, 0.25) is 0 Å². The summed E-state index contributed by atoms with van der Waals surface area (Å²) in [4.78, 5) is 19.3. The van der Waals surface area contributed by atoms with Crippen LogP contribution in [0.2, 0.25) is 0 Å². The minimum absolute atomic E-state index is 0.363. The standard InChI is InChI=1S/C40H24F2N4O/c41-29-15-21-33-35(23-29)45-39(37(43-33)25-7-3-1-4-8-25)27-11-17-31(18-12-27)47-32-19-13-28(14-20-32)40-38(26-9-5-2-6-10-26)44-34-22-16-30(42)24-36(34)46-40/h1-24H. The van der Waals surface area contributed by atoms with Crippen molar-refractivity contribution >= 4 is 22.1 Å². The van der Waals surface area contributed by atoms with Crippen LogP contribution in [0.4, 0.5) is 8.78 Å². The molecule has 224 valence electrons. The van der Waals surface area contributed by atoms with Crippen LogP contribution < -0.4 is 4.74 Å². The third-order valence-electron chi connectivity index (χ3n) is 7.84. The number of hydrogen-bond acceptors (Lipinski definition) is 5. The van der Waals surface area contributed by atoms with E-state index in [4.69, 9.17) is 24.7 Å². The van der Waals surface area contributed by atoms with E-state index in [1.807, 2.05) is 109 Å². The summed E-state index contributed by atoms with van der Waals surface area (Å²) in [5, 5.41) is 0. The molecule has 0 aliphatic heterocycles. The van der Waals surface area contributed by atoms with E-state index in [9.17, 15) is 8.78 Å². The second-order valence-electron chi connectivity index (χ2n) is 11.0. The molecule has 0 aliphatic carbocycles. The normalized spacial score (nSPS) is 11.2. The highest BCUT2D eigenvalue weighted by Crippen LogP contribution is 2.35. The number of rotatable bonds is 6. The molecule has 0 radical (unpaired) electrons. The summed E-state index contributed by atoms with van der Waals surface area (Å²) in [6.45, 7) is 0. The van der Waals surface area contributed by atoms with Gasteiger partial charge in [-0.2, -0.15) is 0 Å². The molecule has 2 heterocycles. The Morgan fingerprint density at radius 3 is 1.06 bits per heavy atom. The predicted molar refractivity (Wildman–Crippen MR) is 181 cm³/mol. The van der Waals surface area contributed by atoms with Gasteiger partial charge < -0.3 is 4.74 Å². The minimum atomic E-state index is -0.363. The number of fused-ring (bicyclic) bond motifs is 2. The summed E-state index contributed by atoms with van der Waals surface area (Å²) in [6.07, 6.45) is 0. The Kier molecular flexibility index (Phi) is 7.11. The average molecular weight is 615 g/mol. The Morgan fingerprint density at radius 2 is 0.681 bits per heavy atom. The molecule has 0 bridgehead atoms. The molecule has 8 rings (SSSR count). The van der Waals surface area contributed by atoms with Gasteiger partial charge in [0, 0.05) is 34.4 Å². The van der Waals surface area contributed by atoms with Gasteiger partial charge in [0.1, 0.15) is 23.1 Å². The maximum Gasteiger partial charge on any atom is 0.127 e. The number of hydrogen-bond donors (Lipinski definition) is 0. The van der Waals surface area contributed by atoms with Gasteiger partial charge in [-0.3, -0.25) is 0 Å². The summed E-state index contributed by atoms with van der Waals surface area (Å²) < 4.78 is 34.3. The van der Waals surface area contributed by atoms with Crippen molar-refractivity contribution in [2.75, 3.05) is 0 Å². The summed E-state index contributed by atoms with van der Waals surface area (Å²) >= 11 is 0. The van der Waals surface area contributed by atoms with E-state index in [1.54, 1.807) is 12.1 Å². The van der Waals surface area contributed by atoms with Crippen LogP contribution in [0.15, 0.2) is 146 Å². The predicted octanol–water partition coefficient (Wildman–Crippen LogP) is 10.3. The van der Waals surface area contributed by atoms with Crippen molar-refractivity contribution < 1.29 is 13.5 Å². The minimum Gasteiger partial charge on any atom is -0.457 e. The van der Waals surface area contributed by atoms with Crippen molar-refractivity contribution in [2.24, 2.45) is 0 Å². The van der Waals surface area contributed by atoms with Crippen LogP contribution in [0, 0.1) is 11.6 Å². The molecule has 0 saturated carbocycles. The zero-order valence-electron chi connectivity index (χ0n) is 24.8. The Labute approximate surface area is 268 Å². The quantitative estimate of drug-likeness (QED) is 0.187. The van der Waals surface area contributed by atoms with Gasteiger partial charge in [-0.25, -0.2) is 28.7 Å². The molecule has 0 unspecified atom stereocenters. The smallest absolute Gasteiger partial charge is 0.127 e. The van der Waals surface area contributed by atoms with Crippen LogP contribution >= 0.6 is 0 Å². The van der Waals surface area contributed by atoms with Crippen LogP contribution in [0.3, 0.4) is 0 Å². The number of ether oxygens (including phenoxy) is 1. The maximum atomic E-state index is 14.0. The highest BCUT2D eigenvalue weighted by molar-refractivity contribution is 5.87. The first-order valence-electron chi connectivity index (χ1n) is 15.0. The van der Waals surface area contributed by atoms with Crippen LogP contribution in [0.5, 0.6) is 11.5 Å². The van der Waals surface area contributed by atoms with E-state index in [0.29, 0.717) is 56.3 Å². The molecular weight excluding hydrogens is 590 g/mol. The monoisotopic (exact) mass is 614 g/mol. The first kappa shape index (κ1) is 28.2. The van der Waals surface area contributed by atoms with Gasteiger partial charge in [0.15, 0.2) is 0 Å². The lowest BCUT2D eigenvalue weighted by Crippen LogP contribution is -1.96. The van der Waals surface area contributed by atoms with Crippen molar-refractivity contribution in [1.82, 2.24) is 19.9 Å². The first-order chi connectivity index (χ1) is 23.1. The Hall–Kier alpha value is -6.34. The molecule has 0 N–H and O–H groups in total. The lowest BCUT2D eigenvalue weighted by Gasteiger charge is -2.13. The van der Waals surface area contributed by atoms with E-state index < -0.39 is 0 Å². The summed E-state index contributed by atoms with van der Waals surface area (Å²) in [5.41, 5.74) is 8.41. The van der Waals surface area contributed by atoms with Gasteiger partial charge in [0.25, 0.3) is 0 Å². The van der Waals surface area contributed by atoms with Crippen LogP contribution in [0.1, 0.15) is 0 Å². The molecule has 47 heavy (non-hydrogen) atoms. The van der Waals surface area contributed by atoms with Crippen molar-refractivity contribution in [1.29, 1.82) is 0 Å². The highest BCUT2D eigenvalue weighted by Gasteiger charge is 2.16. The van der Waals surface area contributed by atoms with Gasteiger partial charge in [-0.1, -0.05) is 60.7 Å². The van der Waals surface area contributed by atoms with E-state index in [2.05, 4.69) is 0 Å². The van der Waals surface area contributed by atoms with Crippen LogP contribution in [-0.4, -0.2) is 19.9 Å². The first-order valence-corrected chi connectivity index (χ1v) is 15.0. The molecular formula is C40H24F2N4O. The Balaban J connectivity index is 1.10. The summed E-state index contributed by atoms with van der Waals surface area (Å²) in [7, 11) is 0. The Morgan fingerprint density at radius 1 is 0.340 bits per heavy atom. The number of aromatic nitrogens is 4. The zero-order chi connectivity index (χ0) is 31.7. The SMILES string of the molecule is Fc1ccc2nc(-c3ccccc3)c(-c3ccc(Oc4ccc(-c5nc6cc(F)ccc6nc5-c5ccccc5)cc4)cc3)nc2c1. The van der Waals surface area contributed by atoms with E-state index >= 15 is 0 Å². The van der Waals surface area contributed by atoms with Crippen molar-refractivity contribution in [2.45, 2.75) is 0 Å². The van der Waals surface area contributed by atoms with Crippen molar-refractivity contribution in [3.8, 4) is 56.5 Å². The highest BCUT2D eigenvalue weighted by atomic mass is 19.1. The van der Waals surface area contributed by atoms with Crippen molar-refractivity contribution in [3.05, 3.63) is 157 Å². The number of halogens is 2. The van der Waals surface area contributed by atoms with Gasteiger partial charge >= 0.3 is 0 Å². The Bertz CT molecular complexity index is 2210. The molecule has 2 aromatic heterocycles. The van der Waals surface area contributed by atoms with Crippen LogP contribution in [-0.2, 0) is 0 Å². The molecule has 0 fully saturated rings. The van der Waals surface area contributed by atoms with E-state index in [0.717, 1.165) is 22.3 Å². The summed E-state index contributed by atoms with van der Waals surface area (Å²) in [6, 6.07) is 43.6.